The topological polar surface area (TPSA) is 111 Å². The van der Waals surface area contributed by atoms with Crippen molar-refractivity contribution in [2.24, 2.45) is 5.73 Å². The van der Waals surface area contributed by atoms with Crippen molar-refractivity contribution < 1.29 is 24.2 Å². The molecule has 4 N–H and O–H groups in total. The number of hydrogen-bond donors (Lipinski definition) is 3. The zero-order valence-corrected chi connectivity index (χ0v) is 14.0. The molecule has 1 unspecified atom stereocenters. The van der Waals surface area contributed by atoms with Crippen molar-refractivity contribution in [3.8, 4) is 11.5 Å². The molecule has 0 bridgehead atoms. The SMILES string of the molecule is COc1ccc(C(N)CC(=O)NC2(C(=O)O)CCCC2)cc1OC. The predicted molar refractivity (Wildman–Crippen MR) is 88.1 cm³/mol. The maximum absolute atomic E-state index is 12.3. The molecule has 7 nitrogen and oxygen atoms in total. The fourth-order valence-corrected chi connectivity index (χ4v) is 3.09. The van der Waals surface area contributed by atoms with Gasteiger partial charge in [-0.15, -0.1) is 0 Å². The van der Waals surface area contributed by atoms with Crippen LogP contribution in [0.25, 0.3) is 0 Å². The summed E-state index contributed by atoms with van der Waals surface area (Å²) in [5.41, 5.74) is 5.68. The van der Waals surface area contributed by atoms with Crippen molar-refractivity contribution in [2.75, 3.05) is 14.2 Å². The fourth-order valence-electron chi connectivity index (χ4n) is 3.09. The minimum absolute atomic E-state index is 0.00448. The molecule has 1 fully saturated rings. The minimum Gasteiger partial charge on any atom is -0.493 e. The number of methoxy groups -OCH3 is 2. The average Bonchev–Trinajstić information content (AvgIpc) is 3.03. The van der Waals surface area contributed by atoms with Gasteiger partial charge in [0.05, 0.1) is 14.2 Å². The van der Waals surface area contributed by atoms with Gasteiger partial charge in [0.25, 0.3) is 0 Å². The van der Waals surface area contributed by atoms with Crippen LogP contribution in [0.2, 0.25) is 0 Å². The molecule has 1 aliphatic rings. The van der Waals surface area contributed by atoms with Gasteiger partial charge in [0.2, 0.25) is 5.91 Å². The number of nitrogens with two attached hydrogens (primary N) is 1. The quantitative estimate of drug-likeness (QED) is 0.697. The highest BCUT2D eigenvalue weighted by atomic mass is 16.5. The average molecular weight is 336 g/mol. The Morgan fingerprint density at radius 3 is 2.42 bits per heavy atom. The Labute approximate surface area is 141 Å². The van der Waals surface area contributed by atoms with Gasteiger partial charge in [0, 0.05) is 12.5 Å². The Balaban J connectivity index is 2.05. The number of aliphatic carboxylic acids is 1. The number of carboxylic acids is 1. The van der Waals surface area contributed by atoms with Crippen molar-refractivity contribution in [3.63, 3.8) is 0 Å². The summed E-state index contributed by atoms with van der Waals surface area (Å²) in [7, 11) is 3.06. The lowest BCUT2D eigenvalue weighted by atomic mass is 9.96. The monoisotopic (exact) mass is 336 g/mol. The van der Waals surface area contributed by atoms with Gasteiger partial charge in [-0.05, 0) is 30.5 Å². The fraction of sp³-hybridized carbons (Fsp3) is 0.529. The summed E-state index contributed by atoms with van der Waals surface area (Å²) in [6.07, 6.45) is 2.52. The lowest BCUT2D eigenvalue weighted by Gasteiger charge is -2.26. The number of carbonyl (C=O) groups excluding carboxylic acids is 1. The Bertz CT molecular complexity index is 611. The van der Waals surface area contributed by atoms with E-state index < -0.39 is 17.6 Å². The van der Waals surface area contributed by atoms with Crippen LogP contribution in [0.3, 0.4) is 0 Å². The van der Waals surface area contributed by atoms with Crippen LogP contribution in [0.5, 0.6) is 11.5 Å². The molecule has 1 aromatic carbocycles. The highest BCUT2D eigenvalue weighted by molar-refractivity contribution is 5.87. The Morgan fingerprint density at radius 2 is 1.88 bits per heavy atom. The van der Waals surface area contributed by atoms with E-state index in [-0.39, 0.29) is 12.3 Å². The van der Waals surface area contributed by atoms with E-state index in [1.54, 1.807) is 18.2 Å². The molecular weight excluding hydrogens is 312 g/mol. The third kappa shape index (κ3) is 3.79. The van der Waals surface area contributed by atoms with Crippen LogP contribution < -0.4 is 20.5 Å². The summed E-state index contributed by atoms with van der Waals surface area (Å²) < 4.78 is 10.4. The third-order valence-electron chi connectivity index (χ3n) is 4.49. The Morgan fingerprint density at radius 1 is 1.25 bits per heavy atom. The molecule has 0 aliphatic heterocycles. The maximum atomic E-state index is 12.3. The second-order valence-corrected chi connectivity index (χ2v) is 6.07. The van der Waals surface area contributed by atoms with Gasteiger partial charge >= 0.3 is 5.97 Å². The lowest BCUT2D eigenvalue weighted by molar-refractivity contribution is -0.147. The van der Waals surface area contributed by atoms with Gasteiger partial charge in [0.15, 0.2) is 11.5 Å². The summed E-state index contributed by atoms with van der Waals surface area (Å²) in [6, 6.07) is 4.65. The lowest BCUT2D eigenvalue weighted by Crippen LogP contribution is -2.52. The normalized spacial score (nSPS) is 17.1. The summed E-state index contributed by atoms with van der Waals surface area (Å²) in [4.78, 5) is 23.8. The molecule has 0 saturated heterocycles. The summed E-state index contributed by atoms with van der Waals surface area (Å²) >= 11 is 0. The highest BCUT2D eigenvalue weighted by Gasteiger charge is 2.42. The van der Waals surface area contributed by atoms with Crippen LogP contribution in [0, 0.1) is 0 Å². The number of amides is 1. The van der Waals surface area contributed by atoms with Crippen LogP contribution in [0.1, 0.15) is 43.7 Å². The van der Waals surface area contributed by atoms with Gasteiger partial charge in [-0.1, -0.05) is 18.9 Å². The first-order chi connectivity index (χ1) is 11.4. The third-order valence-corrected chi connectivity index (χ3v) is 4.49. The van der Waals surface area contributed by atoms with Crippen molar-refractivity contribution in [3.05, 3.63) is 23.8 Å². The smallest absolute Gasteiger partial charge is 0.329 e. The van der Waals surface area contributed by atoms with E-state index in [0.717, 1.165) is 18.4 Å². The number of carbonyl (C=O) groups is 2. The molecule has 0 radical (unpaired) electrons. The zero-order chi connectivity index (χ0) is 17.7. The minimum atomic E-state index is -1.14. The van der Waals surface area contributed by atoms with E-state index in [2.05, 4.69) is 5.32 Å². The van der Waals surface area contributed by atoms with Crippen LogP contribution >= 0.6 is 0 Å². The van der Waals surface area contributed by atoms with Crippen molar-refractivity contribution in [1.82, 2.24) is 5.32 Å². The van der Waals surface area contributed by atoms with E-state index in [4.69, 9.17) is 15.2 Å². The largest absolute Gasteiger partial charge is 0.493 e. The second-order valence-electron chi connectivity index (χ2n) is 6.07. The van der Waals surface area contributed by atoms with Crippen molar-refractivity contribution in [2.45, 2.75) is 43.7 Å². The van der Waals surface area contributed by atoms with Crippen LogP contribution in [-0.2, 0) is 9.59 Å². The number of hydrogen-bond acceptors (Lipinski definition) is 5. The molecule has 24 heavy (non-hydrogen) atoms. The number of rotatable bonds is 7. The van der Waals surface area contributed by atoms with Gasteiger partial charge in [-0.2, -0.15) is 0 Å². The maximum Gasteiger partial charge on any atom is 0.329 e. The molecule has 1 saturated carbocycles. The summed E-state index contributed by atoms with van der Waals surface area (Å²) in [5.74, 6) is -0.230. The summed E-state index contributed by atoms with van der Waals surface area (Å²) in [6.45, 7) is 0. The summed E-state index contributed by atoms with van der Waals surface area (Å²) in [5, 5.41) is 12.1. The highest BCUT2D eigenvalue weighted by Crippen LogP contribution is 2.32. The van der Waals surface area contributed by atoms with E-state index >= 15 is 0 Å². The molecule has 132 valence electrons. The molecule has 2 rings (SSSR count). The predicted octanol–water partition coefficient (Wildman–Crippen LogP) is 1.61. The molecular formula is C17H24N2O5. The number of benzene rings is 1. The molecule has 1 amide bonds. The first-order valence-electron chi connectivity index (χ1n) is 7.94. The van der Waals surface area contributed by atoms with Crippen LogP contribution in [-0.4, -0.2) is 36.7 Å². The van der Waals surface area contributed by atoms with Crippen molar-refractivity contribution >= 4 is 11.9 Å². The van der Waals surface area contributed by atoms with E-state index in [1.165, 1.54) is 14.2 Å². The van der Waals surface area contributed by atoms with Crippen molar-refractivity contribution in [1.29, 1.82) is 0 Å². The molecule has 7 heteroatoms. The molecule has 0 aromatic heterocycles. The van der Waals surface area contributed by atoms with E-state index in [0.29, 0.717) is 24.3 Å². The van der Waals surface area contributed by atoms with Crippen LogP contribution in [0.15, 0.2) is 18.2 Å². The van der Waals surface area contributed by atoms with Gasteiger partial charge in [0.1, 0.15) is 5.54 Å². The number of nitrogens with one attached hydrogen (secondary N) is 1. The Hall–Kier alpha value is -2.28. The van der Waals surface area contributed by atoms with Gasteiger partial charge < -0.3 is 25.6 Å². The number of ether oxygens (including phenoxy) is 2. The molecule has 0 spiro atoms. The Kier molecular flexibility index (Phi) is 5.66. The first kappa shape index (κ1) is 18.1. The van der Waals surface area contributed by atoms with Crippen LogP contribution in [0.4, 0.5) is 0 Å². The number of carboxylic acid groups (broad SMARTS) is 1. The second kappa shape index (κ2) is 7.53. The zero-order valence-electron chi connectivity index (χ0n) is 14.0. The van der Waals surface area contributed by atoms with Gasteiger partial charge in [-0.3, -0.25) is 4.79 Å². The van der Waals surface area contributed by atoms with E-state index in [1.807, 2.05) is 0 Å². The van der Waals surface area contributed by atoms with Gasteiger partial charge in [-0.25, -0.2) is 4.79 Å². The standard InChI is InChI=1S/C17H24N2O5/c1-23-13-6-5-11(9-14(13)24-2)12(18)10-15(20)19-17(16(21)22)7-3-4-8-17/h5-6,9,12H,3-4,7-8,10,18H2,1-2H3,(H,19,20)(H,21,22). The molecule has 1 atom stereocenters. The van der Waals surface area contributed by atoms with E-state index in [9.17, 15) is 14.7 Å². The molecule has 0 heterocycles. The first-order valence-corrected chi connectivity index (χ1v) is 7.94. The molecule has 1 aliphatic carbocycles. The molecule has 1 aromatic rings.